The number of carbonyl (C=O) groups excluding carboxylic acids is 1. The van der Waals surface area contributed by atoms with Gasteiger partial charge < -0.3 is 10.1 Å². The van der Waals surface area contributed by atoms with Gasteiger partial charge >= 0.3 is 5.69 Å². The molecule has 0 aromatic heterocycles. The maximum atomic E-state index is 11.7. The summed E-state index contributed by atoms with van der Waals surface area (Å²) in [6.45, 7) is 1.65. The molecule has 2 aromatic carbocycles. The van der Waals surface area contributed by atoms with E-state index in [2.05, 4.69) is 5.32 Å². The summed E-state index contributed by atoms with van der Waals surface area (Å²) in [5.41, 5.74) is 1.57. The van der Waals surface area contributed by atoms with Gasteiger partial charge in [0.2, 0.25) is 0 Å². The van der Waals surface area contributed by atoms with Crippen molar-refractivity contribution >= 4 is 17.3 Å². The van der Waals surface area contributed by atoms with Crippen molar-refractivity contribution in [2.45, 2.75) is 6.92 Å². The number of nitro groups is 1. The third-order valence-corrected chi connectivity index (χ3v) is 2.76. The van der Waals surface area contributed by atoms with Crippen LogP contribution in [0.4, 0.5) is 11.4 Å². The average molecular weight is 286 g/mol. The van der Waals surface area contributed by atoms with E-state index in [0.717, 1.165) is 5.56 Å². The van der Waals surface area contributed by atoms with Gasteiger partial charge in [-0.05, 0) is 25.1 Å². The second-order valence-electron chi connectivity index (χ2n) is 4.43. The van der Waals surface area contributed by atoms with Gasteiger partial charge in [0, 0.05) is 11.8 Å². The van der Waals surface area contributed by atoms with Crippen molar-refractivity contribution in [2.24, 2.45) is 0 Å². The molecule has 2 rings (SSSR count). The summed E-state index contributed by atoms with van der Waals surface area (Å²) < 4.78 is 5.20. The maximum Gasteiger partial charge on any atom is 0.310 e. The van der Waals surface area contributed by atoms with Crippen LogP contribution in [0.1, 0.15) is 5.56 Å². The first-order valence-corrected chi connectivity index (χ1v) is 6.29. The first kappa shape index (κ1) is 14.5. The molecule has 1 N–H and O–H groups in total. The van der Waals surface area contributed by atoms with E-state index in [9.17, 15) is 14.9 Å². The van der Waals surface area contributed by atoms with E-state index in [1.165, 1.54) is 18.2 Å². The standard InChI is InChI=1S/C15H14N2O4/c1-11-6-8-12(9-7-11)16-15(18)10-21-14-5-3-2-4-13(14)17(19)20/h2-9H,10H2,1H3,(H,16,18). The number of aryl methyl sites for hydroxylation is 1. The van der Waals surface area contributed by atoms with Crippen LogP contribution in [-0.2, 0) is 4.79 Å². The third-order valence-electron chi connectivity index (χ3n) is 2.76. The van der Waals surface area contributed by atoms with Crippen molar-refractivity contribution in [3.63, 3.8) is 0 Å². The summed E-state index contributed by atoms with van der Waals surface area (Å²) >= 11 is 0. The highest BCUT2D eigenvalue weighted by Gasteiger charge is 2.14. The van der Waals surface area contributed by atoms with E-state index in [-0.39, 0.29) is 24.0 Å². The Hall–Kier alpha value is -2.89. The van der Waals surface area contributed by atoms with Gasteiger partial charge in [-0.15, -0.1) is 0 Å². The molecule has 0 saturated heterocycles. The topological polar surface area (TPSA) is 81.5 Å². The fourth-order valence-corrected chi connectivity index (χ4v) is 1.71. The number of nitrogens with zero attached hydrogens (tertiary/aromatic N) is 1. The van der Waals surface area contributed by atoms with Crippen LogP contribution in [0.3, 0.4) is 0 Å². The zero-order chi connectivity index (χ0) is 15.2. The number of benzene rings is 2. The van der Waals surface area contributed by atoms with E-state index >= 15 is 0 Å². The van der Waals surface area contributed by atoms with Crippen LogP contribution in [0, 0.1) is 17.0 Å². The molecule has 0 saturated carbocycles. The van der Waals surface area contributed by atoms with Crippen molar-refractivity contribution in [3.05, 3.63) is 64.2 Å². The molecular weight excluding hydrogens is 272 g/mol. The first-order chi connectivity index (χ1) is 10.1. The van der Waals surface area contributed by atoms with Gasteiger partial charge in [0.05, 0.1) is 4.92 Å². The molecule has 0 heterocycles. The average Bonchev–Trinajstić information content (AvgIpc) is 2.48. The van der Waals surface area contributed by atoms with E-state index in [1.807, 2.05) is 19.1 Å². The van der Waals surface area contributed by atoms with Gasteiger partial charge in [-0.3, -0.25) is 14.9 Å². The molecule has 0 aliphatic heterocycles. The van der Waals surface area contributed by atoms with Gasteiger partial charge in [0.25, 0.3) is 5.91 Å². The Labute approximate surface area is 121 Å². The second-order valence-corrected chi connectivity index (χ2v) is 4.43. The van der Waals surface area contributed by atoms with Crippen LogP contribution in [0.25, 0.3) is 0 Å². The van der Waals surface area contributed by atoms with Crippen LogP contribution < -0.4 is 10.1 Å². The van der Waals surface area contributed by atoms with Crippen molar-refractivity contribution < 1.29 is 14.5 Å². The maximum absolute atomic E-state index is 11.7. The lowest BCUT2D eigenvalue weighted by Gasteiger charge is -2.08. The number of nitrogens with one attached hydrogen (secondary N) is 1. The second kappa shape index (κ2) is 6.51. The fraction of sp³-hybridized carbons (Fsp3) is 0.133. The number of rotatable bonds is 5. The summed E-state index contributed by atoms with van der Waals surface area (Å²) in [4.78, 5) is 22.0. The van der Waals surface area contributed by atoms with Crippen molar-refractivity contribution in [3.8, 4) is 5.75 Å². The Bertz CT molecular complexity index is 653. The number of nitro benzene ring substituents is 1. The number of ether oxygens (including phenoxy) is 1. The Balaban J connectivity index is 1.95. The molecule has 0 bridgehead atoms. The van der Waals surface area contributed by atoms with Crippen LogP contribution >= 0.6 is 0 Å². The predicted molar refractivity (Wildman–Crippen MR) is 78.4 cm³/mol. The molecule has 0 radical (unpaired) electrons. The number of anilines is 1. The Morgan fingerprint density at radius 1 is 1.19 bits per heavy atom. The number of amides is 1. The van der Waals surface area contributed by atoms with Crippen molar-refractivity contribution in [2.75, 3.05) is 11.9 Å². The molecule has 0 fully saturated rings. The summed E-state index contributed by atoms with van der Waals surface area (Å²) in [6.07, 6.45) is 0. The molecule has 0 unspecified atom stereocenters. The van der Waals surface area contributed by atoms with Gasteiger partial charge in [-0.25, -0.2) is 0 Å². The zero-order valence-corrected chi connectivity index (χ0v) is 11.4. The van der Waals surface area contributed by atoms with Crippen molar-refractivity contribution in [1.82, 2.24) is 0 Å². The summed E-state index contributed by atoms with van der Waals surface area (Å²) in [7, 11) is 0. The SMILES string of the molecule is Cc1ccc(NC(=O)COc2ccccc2[N+](=O)[O-])cc1. The van der Waals surface area contributed by atoms with Crippen molar-refractivity contribution in [1.29, 1.82) is 0 Å². The normalized spacial score (nSPS) is 9.95. The van der Waals surface area contributed by atoms with Gasteiger partial charge in [-0.2, -0.15) is 0 Å². The van der Waals surface area contributed by atoms with Crippen LogP contribution in [-0.4, -0.2) is 17.4 Å². The molecule has 0 atom stereocenters. The monoisotopic (exact) mass is 286 g/mol. The zero-order valence-electron chi connectivity index (χ0n) is 11.4. The van der Waals surface area contributed by atoms with Crippen LogP contribution in [0.15, 0.2) is 48.5 Å². The molecule has 2 aromatic rings. The first-order valence-electron chi connectivity index (χ1n) is 6.29. The summed E-state index contributed by atoms with van der Waals surface area (Å²) in [5, 5.41) is 13.5. The fourth-order valence-electron chi connectivity index (χ4n) is 1.71. The minimum atomic E-state index is -0.548. The smallest absolute Gasteiger partial charge is 0.310 e. The van der Waals surface area contributed by atoms with Gasteiger partial charge in [0.15, 0.2) is 12.4 Å². The highest BCUT2D eigenvalue weighted by atomic mass is 16.6. The lowest BCUT2D eigenvalue weighted by Crippen LogP contribution is -2.20. The lowest BCUT2D eigenvalue weighted by atomic mass is 10.2. The van der Waals surface area contributed by atoms with E-state index in [0.29, 0.717) is 5.69 Å². The molecule has 0 spiro atoms. The number of carbonyl (C=O) groups is 1. The van der Waals surface area contributed by atoms with Gasteiger partial charge in [-0.1, -0.05) is 29.8 Å². The molecule has 6 nitrogen and oxygen atoms in total. The summed E-state index contributed by atoms with van der Waals surface area (Å²) in [5.74, 6) is -0.307. The molecule has 108 valence electrons. The molecule has 1 amide bonds. The summed E-state index contributed by atoms with van der Waals surface area (Å²) in [6, 6.07) is 13.2. The largest absolute Gasteiger partial charge is 0.477 e. The quantitative estimate of drug-likeness (QED) is 0.676. The molecule has 21 heavy (non-hydrogen) atoms. The molecule has 0 aliphatic rings. The van der Waals surface area contributed by atoms with E-state index in [4.69, 9.17) is 4.74 Å². The van der Waals surface area contributed by atoms with Crippen LogP contribution in [0.2, 0.25) is 0 Å². The molecular formula is C15H14N2O4. The predicted octanol–water partition coefficient (Wildman–Crippen LogP) is 2.92. The number of hydrogen-bond acceptors (Lipinski definition) is 4. The minimum absolute atomic E-state index is 0.0709. The molecule has 0 aliphatic carbocycles. The molecule has 6 heteroatoms. The Kier molecular flexibility index (Phi) is 4.50. The van der Waals surface area contributed by atoms with E-state index < -0.39 is 4.92 Å². The Morgan fingerprint density at radius 2 is 1.86 bits per heavy atom. The van der Waals surface area contributed by atoms with E-state index in [1.54, 1.807) is 18.2 Å². The third kappa shape index (κ3) is 4.04. The highest BCUT2D eigenvalue weighted by molar-refractivity contribution is 5.91. The minimum Gasteiger partial charge on any atom is -0.477 e. The lowest BCUT2D eigenvalue weighted by molar-refractivity contribution is -0.385. The van der Waals surface area contributed by atoms with Crippen LogP contribution in [0.5, 0.6) is 5.75 Å². The highest BCUT2D eigenvalue weighted by Crippen LogP contribution is 2.25. The number of hydrogen-bond donors (Lipinski definition) is 1. The van der Waals surface area contributed by atoms with Gasteiger partial charge in [0.1, 0.15) is 0 Å². The Morgan fingerprint density at radius 3 is 2.52 bits per heavy atom. The number of para-hydroxylation sites is 2.